The molecule has 3 rings (SSSR count). The largest absolute Gasteiger partial charge is 0.481 e. The molecule has 1 heterocycles. The lowest BCUT2D eigenvalue weighted by atomic mass is 9.84. The highest BCUT2D eigenvalue weighted by Gasteiger charge is 2.48. The third-order valence-electron chi connectivity index (χ3n) is 5.53. The lowest BCUT2D eigenvalue weighted by Gasteiger charge is -2.42. The zero-order chi connectivity index (χ0) is 18.7. The number of hydrogen-bond acceptors (Lipinski definition) is 3. The van der Waals surface area contributed by atoms with Gasteiger partial charge in [-0.05, 0) is 50.2 Å². The molecule has 4 nitrogen and oxygen atoms in total. The number of nitrogens with zero attached hydrogens (tertiary/aromatic N) is 1. The van der Waals surface area contributed by atoms with Crippen molar-refractivity contribution in [3.8, 4) is 11.1 Å². The van der Waals surface area contributed by atoms with E-state index in [0.29, 0.717) is 12.8 Å². The van der Waals surface area contributed by atoms with Gasteiger partial charge in [-0.3, -0.25) is 9.00 Å². The maximum atomic E-state index is 13.8. The number of piperidine rings is 1. The lowest BCUT2D eigenvalue weighted by molar-refractivity contribution is -0.142. The van der Waals surface area contributed by atoms with E-state index in [0.717, 1.165) is 29.1 Å². The van der Waals surface area contributed by atoms with Crippen LogP contribution >= 0.6 is 0 Å². The van der Waals surface area contributed by atoms with Crippen LogP contribution in [0, 0.1) is 5.92 Å². The molecule has 5 heteroatoms. The Kier molecular flexibility index (Phi) is 5.58. The monoisotopic (exact) mass is 371 g/mol. The first-order chi connectivity index (χ1) is 12.5. The number of carboxylic acids is 1. The van der Waals surface area contributed by atoms with Crippen LogP contribution in [0.15, 0.2) is 59.5 Å². The van der Waals surface area contributed by atoms with E-state index in [1.54, 1.807) is 6.92 Å². The maximum absolute atomic E-state index is 13.8. The van der Waals surface area contributed by atoms with Crippen molar-refractivity contribution in [2.45, 2.75) is 29.4 Å². The molecule has 138 valence electrons. The standard InChI is InChI=1S/C21H25NO3S/c1-16(20(23)24)21(12-14-22(2)15-13-21)26(25)19-11-7-6-10-18(19)17-8-4-3-5-9-17/h3-11,16H,12-15H2,1-2H3,(H,23,24). The smallest absolute Gasteiger partial charge is 0.307 e. The molecule has 1 fully saturated rings. The van der Waals surface area contributed by atoms with Crippen LogP contribution in [-0.2, 0) is 15.6 Å². The van der Waals surface area contributed by atoms with Gasteiger partial charge in [0.2, 0.25) is 0 Å². The molecule has 2 unspecified atom stereocenters. The maximum Gasteiger partial charge on any atom is 0.307 e. The quantitative estimate of drug-likeness (QED) is 0.872. The molecule has 26 heavy (non-hydrogen) atoms. The van der Waals surface area contributed by atoms with Gasteiger partial charge in [-0.2, -0.15) is 0 Å². The predicted octanol–water partition coefficient (Wildman–Crippen LogP) is 3.65. The van der Waals surface area contributed by atoms with E-state index in [-0.39, 0.29) is 0 Å². The van der Waals surface area contributed by atoms with E-state index in [2.05, 4.69) is 4.90 Å². The lowest BCUT2D eigenvalue weighted by Crippen LogP contribution is -2.52. The molecule has 0 spiro atoms. The molecule has 1 N–H and O–H groups in total. The second kappa shape index (κ2) is 7.72. The minimum Gasteiger partial charge on any atom is -0.481 e. The van der Waals surface area contributed by atoms with Gasteiger partial charge in [-0.1, -0.05) is 55.5 Å². The van der Waals surface area contributed by atoms with Crippen molar-refractivity contribution in [3.63, 3.8) is 0 Å². The van der Waals surface area contributed by atoms with Gasteiger partial charge >= 0.3 is 5.97 Å². The highest BCUT2D eigenvalue weighted by Crippen LogP contribution is 2.41. The van der Waals surface area contributed by atoms with Crippen molar-refractivity contribution in [1.29, 1.82) is 0 Å². The van der Waals surface area contributed by atoms with Gasteiger partial charge in [-0.25, -0.2) is 0 Å². The summed E-state index contributed by atoms with van der Waals surface area (Å²) in [5.74, 6) is -1.54. The highest BCUT2D eigenvalue weighted by molar-refractivity contribution is 7.86. The van der Waals surface area contributed by atoms with Crippen LogP contribution in [0.25, 0.3) is 11.1 Å². The van der Waals surface area contributed by atoms with Gasteiger partial charge in [0, 0.05) is 4.90 Å². The van der Waals surface area contributed by atoms with Crippen molar-refractivity contribution in [3.05, 3.63) is 54.6 Å². The van der Waals surface area contributed by atoms with Crippen LogP contribution in [-0.4, -0.2) is 45.1 Å². The summed E-state index contributed by atoms with van der Waals surface area (Å²) in [5, 5.41) is 9.70. The Hall–Kier alpha value is -1.98. The fraction of sp³-hybridized carbons (Fsp3) is 0.381. The number of aliphatic carboxylic acids is 1. The van der Waals surface area contributed by atoms with Gasteiger partial charge in [0.25, 0.3) is 0 Å². The van der Waals surface area contributed by atoms with Crippen LogP contribution in [0.5, 0.6) is 0 Å². The first kappa shape index (κ1) is 18.8. The molecule has 0 aromatic heterocycles. The van der Waals surface area contributed by atoms with Gasteiger partial charge in [0.1, 0.15) is 0 Å². The Bertz CT molecular complexity index is 798. The average Bonchev–Trinajstić information content (AvgIpc) is 2.68. The summed E-state index contributed by atoms with van der Waals surface area (Å²) >= 11 is 0. The number of benzene rings is 2. The molecule has 0 saturated carbocycles. The minimum absolute atomic E-state index is 0.618. The van der Waals surface area contributed by atoms with Crippen molar-refractivity contribution in [2.75, 3.05) is 20.1 Å². The molecule has 0 bridgehead atoms. The average molecular weight is 372 g/mol. The van der Waals surface area contributed by atoms with Crippen LogP contribution in [0.2, 0.25) is 0 Å². The molecule has 2 aromatic carbocycles. The molecule has 2 atom stereocenters. The number of rotatable bonds is 5. The topological polar surface area (TPSA) is 57.6 Å². The van der Waals surface area contributed by atoms with E-state index >= 15 is 0 Å². The number of carboxylic acid groups (broad SMARTS) is 1. The summed E-state index contributed by atoms with van der Waals surface area (Å²) in [5.41, 5.74) is 1.92. The molecule has 1 aliphatic rings. The summed E-state index contributed by atoms with van der Waals surface area (Å²) in [6.07, 6.45) is 1.24. The first-order valence-electron chi connectivity index (χ1n) is 8.93. The fourth-order valence-electron chi connectivity index (χ4n) is 3.70. The molecule has 1 aliphatic heterocycles. The number of likely N-dealkylation sites (tertiary alicyclic amines) is 1. The minimum atomic E-state index is -1.41. The molecule has 0 amide bonds. The Morgan fingerprint density at radius 3 is 2.27 bits per heavy atom. The third kappa shape index (κ3) is 3.46. The second-order valence-electron chi connectivity index (χ2n) is 7.06. The van der Waals surface area contributed by atoms with E-state index in [9.17, 15) is 14.1 Å². The van der Waals surface area contributed by atoms with Crippen molar-refractivity contribution >= 4 is 16.8 Å². The Morgan fingerprint density at radius 1 is 1.08 bits per heavy atom. The van der Waals surface area contributed by atoms with Crippen LogP contribution < -0.4 is 0 Å². The second-order valence-corrected chi connectivity index (χ2v) is 8.85. The van der Waals surface area contributed by atoms with Crippen molar-refractivity contribution in [2.24, 2.45) is 5.92 Å². The molecular formula is C21H25NO3S. The van der Waals surface area contributed by atoms with Gasteiger partial charge in [0.15, 0.2) is 0 Å². The normalized spacial score (nSPS) is 19.6. The molecular weight excluding hydrogens is 346 g/mol. The summed E-state index contributed by atoms with van der Waals surface area (Å²) < 4.78 is 13.1. The van der Waals surface area contributed by atoms with Crippen molar-refractivity contribution < 1.29 is 14.1 Å². The van der Waals surface area contributed by atoms with E-state index in [1.807, 2.05) is 61.6 Å². The van der Waals surface area contributed by atoms with Gasteiger partial charge in [-0.15, -0.1) is 0 Å². The summed E-state index contributed by atoms with van der Waals surface area (Å²) in [4.78, 5) is 14.7. The van der Waals surface area contributed by atoms with Crippen molar-refractivity contribution in [1.82, 2.24) is 4.90 Å². The first-order valence-corrected chi connectivity index (χ1v) is 10.1. The Balaban J connectivity index is 2.08. The van der Waals surface area contributed by atoms with Gasteiger partial charge in [0.05, 0.1) is 21.5 Å². The summed E-state index contributed by atoms with van der Waals surface area (Å²) in [6, 6.07) is 17.5. The SMILES string of the molecule is CC(C(=O)O)C1(S(=O)c2ccccc2-c2ccccc2)CCN(C)CC1. The predicted molar refractivity (Wildman–Crippen MR) is 105 cm³/mol. The summed E-state index contributed by atoms with van der Waals surface area (Å²) in [6.45, 7) is 3.23. The van der Waals surface area contributed by atoms with E-state index in [1.165, 1.54) is 0 Å². The fourth-order valence-corrected chi connectivity index (χ4v) is 5.71. The van der Waals surface area contributed by atoms with Crippen LogP contribution in [0.4, 0.5) is 0 Å². The Labute approximate surface area is 157 Å². The number of carbonyl (C=O) groups is 1. The zero-order valence-corrected chi connectivity index (χ0v) is 16.0. The third-order valence-corrected chi connectivity index (χ3v) is 7.79. The van der Waals surface area contributed by atoms with Crippen LogP contribution in [0.1, 0.15) is 19.8 Å². The summed E-state index contributed by atoms with van der Waals surface area (Å²) in [7, 11) is 0.610. The van der Waals surface area contributed by atoms with Crippen LogP contribution in [0.3, 0.4) is 0 Å². The molecule has 1 saturated heterocycles. The highest BCUT2D eigenvalue weighted by atomic mass is 32.2. The molecule has 0 aliphatic carbocycles. The van der Waals surface area contributed by atoms with Gasteiger partial charge < -0.3 is 10.0 Å². The van der Waals surface area contributed by atoms with E-state index in [4.69, 9.17) is 0 Å². The molecule has 2 aromatic rings. The molecule has 0 radical (unpaired) electrons. The number of hydrogen-bond donors (Lipinski definition) is 1. The van der Waals surface area contributed by atoms with E-state index < -0.39 is 27.4 Å². The Morgan fingerprint density at radius 2 is 1.65 bits per heavy atom. The zero-order valence-electron chi connectivity index (χ0n) is 15.2.